The zero-order chi connectivity index (χ0) is 35.8. The summed E-state index contributed by atoms with van der Waals surface area (Å²) < 4.78 is 16.7. The van der Waals surface area contributed by atoms with Gasteiger partial charge in [0, 0.05) is 19.3 Å². The van der Waals surface area contributed by atoms with E-state index in [9.17, 15) is 14.4 Å². The molecular formula is C38H48N6O6. The standard InChI is InChI=1S/C38H48N6O6/c1-36(2,3)49-34(46)43-21-11-15-26(43)31-39-23-28(40-31)38(19-17-25(18-20-38)24-13-9-8-10-14-24)30-29(33(45)48-7)41-32(42-30)27-16-12-22-44(27)35(47)50-37(4,5)6/h8-10,13-14,17-19,23,26-27H,11-12,15-16,20-22H2,1-7H3,(H,39,40)(H,41,42)/t26-,27-,38?/m0/s1. The Hall–Kier alpha value is -4.87. The minimum absolute atomic E-state index is 0.132. The molecule has 0 bridgehead atoms. The second kappa shape index (κ2) is 13.4. The van der Waals surface area contributed by atoms with Gasteiger partial charge in [-0.25, -0.2) is 24.4 Å². The molecule has 50 heavy (non-hydrogen) atoms. The van der Waals surface area contributed by atoms with Crippen molar-refractivity contribution in [3.8, 4) is 0 Å². The Bertz CT molecular complexity index is 1800. The number of nitrogens with one attached hydrogen (secondary N) is 2. The molecule has 266 valence electrons. The van der Waals surface area contributed by atoms with Crippen molar-refractivity contribution >= 4 is 23.7 Å². The summed E-state index contributed by atoms with van der Waals surface area (Å²) in [5, 5.41) is 0. The Balaban J connectivity index is 1.43. The average Bonchev–Trinajstić information content (AvgIpc) is 3.88. The summed E-state index contributed by atoms with van der Waals surface area (Å²) in [6.07, 6.45) is 10.7. The quantitative estimate of drug-likeness (QED) is 0.202. The molecule has 6 rings (SSSR count). The van der Waals surface area contributed by atoms with E-state index in [0.29, 0.717) is 43.3 Å². The Kier molecular flexibility index (Phi) is 9.41. The average molecular weight is 685 g/mol. The van der Waals surface area contributed by atoms with Crippen LogP contribution in [0.15, 0.2) is 54.8 Å². The maximum absolute atomic E-state index is 13.5. The maximum atomic E-state index is 13.5. The fourth-order valence-electron chi connectivity index (χ4n) is 7.03. The van der Waals surface area contributed by atoms with Crippen molar-refractivity contribution in [1.29, 1.82) is 0 Å². The number of imidazole rings is 2. The third kappa shape index (κ3) is 7.06. The van der Waals surface area contributed by atoms with Crippen molar-refractivity contribution in [3.63, 3.8) is 0 Å². The number of rotatable bonds is 6. The minimum atomic E-state index is -0.941. The SMILES string of the molecule is COC(=O)c1nc([C@@H]2CCCN2C(=O)OC(C)(C)C)[nH]c1C1(c2cnc([C@@H]3CCCN3C(=O)OC(C)(C)C)[nH]2)C=CC(c2ccccc2)=CC1. The lowest BCUT2D eigenvalue weighted by Crippen LogP contribution is -2.37. The Labute approximate surface area is 293 Å². The van der Waals surface area contributed by atoms with E-state index in [2.05, 4.69) is 34.3 Å². The molecule has 3 aromatic rings. The highest BCUT2D eigenvalue weighted by Gasteiger charge is 2.44. The molecular weight excluding hydrogens is 636 g/mol. The molecule has 1 aromatic carbocycles. The van der Waals surface area contributed by atoms with Gasteiger partial charge in [0.25, 0.3) is 0 Å². The van der Waals surface area contributed by atoms with Crippen LogP contribution in [-0.2, 0) is 19.6 Å². The number of ether oxygens (including phenoxy) is 3. The number of likely N-dealkylation sites (tertiary alicyclic amines) is 2. The van der Waals surface area contributed by atoms with Crippen LogP contribution >= 0.6 is 0 Å². The molecule has 2 aliphatic heterocycles. The van der Waals surface area contributed by atoms with Crippen LogP contribution in [-0.4, -0.2) is 79.3 Å². The summed E-state index contributed by atoms with van der Waals surface area (Å²) in [6.45, 7) is 12.2. The highest BCUT2D eigenvalue weighted by atomic mass is 16.6. The largest absolute Gasteiger partial charge is 0.464 e. The van der Waals surface area contributed by atoms with Gasteiger partial charge in [-0.2, -0.15) is 0 Å². The lowest BCUT2D eigenvalue weighted by Gasteiger charge is -2.32. The van der Waals surface area contributed by atoms with Crippen molar-refractivity contribution in [2.45, 2.75) is 102 Å². The van der Waals surface area contributed by atoms with Crippen molar-refractivity contribution in [1.82, 2.24) is 29.7 Å². The molecule has 1 unspecified atom stereocenters. The van der Waals surface area contributed by atoms with Crippen LogP contribution in [0, 0.1) is 0 Å². The number of nitrogens with zero attached hydrogens (tertiary/aromatic N) is 4. The van der Waals surface area contributed by atoms with Gasteiger partial charge in [0.2, 0.25) is 0 Å². The first-order chi connectivity index (χ1) is 23.7. The Morgan fingerprint density at radius 3 is 2.00 bits per heavy atom. The van der Waals surface area contributed by atoms with Gasteiger partial charge in [-0.15, -0.1) is 0 Å². The van der Waals surface area contributed by atoms with E-state index < -0.39 is 34.7 Å². The normalized spacial score (nSPS) is 22.4. The molecule has 12 heteroatoms. The Morgan fingerprint density at radius 1 is 0.860 bits per heavy atom. The molecule has 1 aliphatic carbocycles. The van der Waals surface area contributed by atoms with Crippen LogP contribution in [0.2, 0.25) is 0 Å². The van der Waals surface area contributed by atoms with Gasteiger partial charge in [-0.05, 0) is 84.8 Å². The highest BCUT2D eigenvalue weighted by molar-refractivity contribution is 5.90. The van der Waals surface area contributed by atoms with Gasteiger partial charge >= 0.3 is 18.2 Å². The number of esters is 1. The zero-order valence-electron chi connectivity index (χ0n) is 30.0. The number of methoxy groups -OCH3 is 1. The zero-order valence-corrected chi connectivity index (χ0v) is 30.0. The van der Waals surface area contributed by atoms with Crippen LogP contribution in [0.5, 0.6) is 0 Å². The topological polar surface area (TPSA) is 143 Å². The first-order valence-electron chi connectivity index (χ1n) is 17.4. The van der Waals surface area contributed by atoms with Gasteiger partial charge in [-0.1, -0.05) is 48.6 Å². The van der Waals surface area contributed by atoms with Crippen LogP contribution in [0.3, 0.4) is 0 Å². The molecule has 2 saturated heterocycles. The summed E-state index contributed by atoms with van der Waals surface area (Å²) in [4.78, 5) is 60.0. The van der Waals surface area contributed by atoms with E-state index in [0.717, 1.165) is 36.1 Å². The number of hydrogen-bond acceptors (Lipinski definition) is 8. The fourth-order valence-corrected chi connectivity index (χ4v) is 7.03. The molecule has 3 aliphatic rings. The fraction of sp³-hybridized carbons (Fsp3) is 0.500. The smallest absolute Gasteiger partial charge is 0.410 e. The predicted molar refractivity (Wildman–Crippen MR) is 187 cm³/mol. The number of aromatic amines is 2. The maximum Gasteiger partial charge on any atom is 0.410 e. The molecule has 2 N–H and O–H groups in total. The van der Waals surface area contributed by atoms with Gasteiger partial charge < -0.3 is 24.2 Å². The molecule has 4 heterocycles. The molecule has 3 atom stereocenters. The first kappa shape index (κ1) is 35.0. The van der Waals surface area contributed by atoms with Gasteiger partial charge in [-0.3, -0.25) is 9.80 Å². The summed E-state index contributed by atoms with van der Waals surface area (Å²) in [5.74, 6) is 0.530. The van der Waals surface area contributed by atoms with E-state index >= 15 is 0 Å². The monoisotopic (exact) mass is 684 g/mol. The predicted octanol–water partition coefficient (Wildman–Crippen LogP) is 7.39. The second-order valence-corrected chi connectivity index (χ2v) is 15.2. The number of aromatic nitrogens is 4. The van der Waals surface area contributed by atoms with Gasteiger partial charge in [0.1, 0.15) is 22.9 Å². The van der Waals surface area contributed by atoms with Crippen molar-refractivity contribution in [2.75, 3.05) is 20.2 Å². The Morgan fingerprint density at radius 2 is 1.46 bits per heavy atom. The van der Waals surface area contributed by atoms with Crippen molar-refractivity contribution < 1.29 is 28.6 Å². The van der Waals surface area contributed by atoms with Crippen LogP contribution in [0.1, 0.15) is 125 Å². The van der Waals surface area contributed by atoms with E-state index in [1.165, 1.54) is 7.11 Å². The highest BCUT2D eigenvalue weighted by Crippen LogP contribution is 2.44. The van der Waals surface area contributed by atoms with Gasteiger partial charge in [0.15, 0.2) is 5.69 Å². The number of carbonyl (C=O) groups is 3. The second-order valence-electron chi connectivity index (χ2n) is 15.2. The lowest BCUT2D eigenvalue weighted by atomic mass is 9.73. The van der Waals surface area contributed by atoms with Crippen LogP contribution < -0.4 is 0 Å². The molecule has 0 spiro atoms. The molecule has 0 radical (unpaired) electrons. The van der Waals surface area contributed by atoms with E-state index in [1.807, 2.05) is 65.8 Å². The lowest BCUT2D eigenvalue weighted by molar-refractivity contribution is 0.0208. The number of H-pyrrole nitrogens is 2. The van der Waals surface area contributed by atoms with Crippen molar-refractivity contribution in [3.05, 3.63) is 89.1 Å². The molecule has 12 nitrogen and oxygen atoms in total. The van der Waals surface area contributed by atoms with Crippen LogP contribution in [0.25, 0.3) is 5.57 Å². The molecule has 2 amide bonds. The third-order valence-corrected chi connectivity index (χ3v) is 9.31. The first-order valence-corrected chi connectivity index (χ1v) is 17.4. The molecule has 2 aromatic heterocycles. The summed E-state index contributed by atoms with van der Waals surface area (Å²) in [6, 6.07) is 9.39. The number of allylic oxidation sites excluding steroid dienone is 4. The summed E-state index contributed by atoms with van der Waals surface area (Å²) in [5.41, 5.74) is 1.26. The number of hydrogen-bond donors (Lipinski definition) is 2. The third-order valence-electron chi connectivity index (χ3n) is 9.31. The van der Waals surface area contributed by atoms with E-state index in [-0.39, 0.29) is 17.8 Å². The minimum Gasteiger partial charge on any atom is -0.464 e. The number of amides is 2. The van der Waals surface area contributed by atoms with Gasteiger partial charge in [0.05, 0.1) is 36.0 Å². The number of benzene rings is 1. The van der Waals surface area contributed by atoms with E-state index in [1.54, 1.807) is 16.0 Å². The number of carbonyl (C=O) groups excluding carboxylic acids is 3. The molecule has 0 saturated carbocycles. The van der Waals surface area contributed by atoms with Crippen molar-refractivity contribution in [2.24, 2.45) is 0 Å². The van der Waals surface area contributed by atoms with E-state index in [4.69, 9.17) is 24.2 Å². The summed E-state index contributed by atoms with van der Waals surface area (Å²) >= 11 is 0. The van der Waals surface area contributed by atoms with Crippen LogP contribution in [0.4, 0.5) is 9.59 Å². The summed E-state index contributed by atoms with van der Waals surface area (Å²) in [7, 11) is 1.33. The molecule has 2 fully saturated rings.